The molecule has 2 aromatic carbocycles. The molecule has 0 unspecified atom stereocenters. The first-order valence-electron chi connectivity index (χ1n) is 9.67. The van der Waals surface area contributed by atoms with Crippen LogP contribution in [0.4, 0.5) is 0 Å². The topological polar surface area (TPSA) is 50.9 Å². The third-order valence-corrected chi connectivity index (χ3v) is 5.47. The van der Waals surface area contributed by atoms with Crippen LogP contribution in [-0.2, 0) is 25.7 Å². The summed E-state index contributed by atoms with van der Waals surface area (Å²) in [5.74, 6) is 1.12. The average molecular weight is 367 g/mol. The van der Waals surface area contributed by atoms with Gasteiger partial charge < -0.3 is 5.11 Å². The van der Waals surface area contributed by atoms with E-state index in [9.17, 15) is 5.11 Å². The Morgan fingerprint density at radius 3 is 2.18 bits per heavy atom. The van der Waals surface area contributed by atoms with Crippen LogP contribution in [0.5, 0.6) is 5.75 Å². The van der Waals surface area contributed by atoms with Gasteiger partial charge in [0.1, 0.15) is 5.75 Å². The van der Waals surface area contributed by atoms with Gasteiger partial charge >= 0.3 is 0 Å². The number of phenolic OH excluding ortho intramolecular Hbond substituents is 1. The van der Waals surface area contributed by atoms with Crippen LogP contribution in [0, 0.1) is 0 Å². The molecule has 4 aromatic rings. The lowest BCUT2D eigenvalue weighted by molar-refractivity contribution is 0.469. The number of nitrogens with zero attached hydrogens (tertiary/aromatic N) is 3. The van der Waals surface area contributed by atoms with Crippen LogP contribution < -0.4 is 0 Å². The van der Waals surface area contributed by atoms with E-state index in [1.807, 2.05) is 30.5 Å². The molecule has 4 aliphatic carbocycles. The number of aromatic nitrogens is 3. The molecule has 1 N–H and O–H groups in total. The summed E-state index contributed by atoms with van der Waals surface area (Å²) in [5, 5.41) is 15.8. The molecule has 0 saturated carbocycles. The lowest BCUT2D eigenvalue weighted by Gasteiger charge is -2.16. The Morgan fingerprint density at radius 1 is 0.750 bits per heavy atom. The largest absolute Gasteiger partial charge is 0.507 e. The van der Waals surface area contributed by atoms with Crippen molar-refractivity contribution in [3.8, 4) is 22.8 Å². The van der Waals surface area contributed by atoms with Gasteiger partial charge in [-0.2, -0.15) is 5.10 Å². The number of hydrogen-bond acceptors (Lipinski definition) is 3. The first-order valence-corrected chi connectivity index (χ1v) is 9.67. The number of rotatable bonds is 2. The van der Waals surface area contributed by atoms with E-state index in [0.717, 1.165) is 53.9 Å². The lowest BCUT2D eigenvalue weighted by atomic mass is 9.91. The second kappa shape index (κ2) is 6.97. The summed E-state index contributed by atoms with van der Waals surface area (Å²) >= 11 is 0. The molecule has 4 bridgehead atoms. The summed E-state index contributed by atoms with van der Waals surface area (Å²) in [7, 11) is 0. The molecule has 0 saturated heterocycles. The first kappa shape index (κ1) is 16.8. The zero-order valence-corrected chi connectivity index (χ0v) is 15.5. The summed E-state index contributed by atoms with van der Waals surface area (Å²) in [5.41, 5.74) is 6.34. The van der Waals surface area contributed by atoms with Crippen molar-refractivity contribution in [3.63, 3.8) is 0 Å². The van der Waals surface area contributed by atoms with Crippen LogP contribution in [0.2, 0.25) is 0 Å². The minimum atomic E-state index is 0.360. The second-order valence-electron chi connectivity index (χ2n) is 7.26. The fourth-order valence-electron chi connectivity index (χ4n) is 3.88. The standard InChI is InChI=1S/C24H21N3O/c28-24-20-11-9-18-6-4-17(5-7-18)8-10-19(12-13-20)23(24)21-14-16-27(26-21)22-3-1-2-15-25-22/h1-7,12-16,28H,8-11H2. The summed E-state index contributed by atoms with van der Waals surface area (Å²) < 4.78 is 1.76. The van der Waals surface area contributed by atoms with Gasteiger partial charge in [-0.05, 0) is 66.1 Å². The Bertz CT molecular complexity index is 1110. The third-order valence-electron chi connectivity index (χ3n) is 5.47. The molecular weight excluding hydrogens is 346 g/mol. The van der Waals surface area contributed by atoms with E-state index in [1.165, 1.54) is 11.1 Å². The minimum absolute atomic E-state index is 0.360. The highest BCUT2D eigenvalue weighted by Crippen LogP contribution is 2.36. The van der Waals surface area contributed by atoms with Crippen molar-refractivity contribution in [2.75, 3.05) is 0 Å². The molecule has 4 aliphatic rings. The van der Waals surface area contributed by atoms with E-state index in [2.05, 4.69) is 41.4 Å². The SMILES string of the molecule is Oc1c2ccc(c1-c1ccn(-c3ccccn3)n1)CCc1ccc(cc1)CC2. The molecule has 0 atom stereocenters. The normalized spacial score (nSPS) is 13.3. The molecule has 2 aromatic heterocycles. The Hall–Kier alpha value is -3.40. The van der Waals surface area contributed by atoms with Crippen molar-refractivity contribution < 1.29 is 5.11 Å². The van der Waals surface area contributed by atoms with Gasteiger partial charge in [-0.25, -0.2) is 9.67 Å². The minimum Gasteiger partial charge on any atom is -0.507 e. The zero-order chi connectivity index (χ0) is 18.9. The molecule has 2 heterocycles. The van der Waals surface area contributed by atoms with Gasteiger partial charge in [-0.3, -0.25) is 0 Å². The van der Waals surface area contributed by atoms with E-state index in [1.54, 1.807) is 10.9 Å². The Kier molecular flexibility index (Phi) is 4.17. The summed E-state index contributed by atoms with van der Waals surface area (Å²) in [6.45, 7) is 0. The monoisotopic (exact) mass is 367 g/mol. The Morgan fingerprint density at radius 2 is 1.46 bits per heavy atom. The maximum atomic E-state index is 11.1. The molecule has 0 spiro atoms. The maximum absolute atomic E-state index is 11.1. The number of phenols is 1. The highest BCUT2D eigenvalue weighted by Gasteiger charge is 2.18. The van der Waals surface area contributed by atoms with Crippen molar-refractivity contribution in [1.29, 1.82) is 0 Å². The van der Waals surface area contributed by atoms with Gasteiger partial charge in [0.05, 0.1) is 5.69 Å². The fourth-order valence-corrected chi connectivity index (χ4v) is 3.88. The van der Waals surface area contributed by atoms with Crippen LogP contribution >= 0.6 is 0 Å². The van der Waals surface area contributed by atoms with Gasteiger partial charge in [0.2, 0.25) is 0 Å². The summed E-state index contributed by atoms with van der Waals surface area (Å²) in [6, 6.07) is 20.8. The average Bonchev–Trinajstić information content (AvgIpc) is 3.21. The summed E-state index contributed by atoms with van der Waals surface area (Å²) in [6.07, 6.45) is 7.17. The van der Waals surface area contributed by atoms with E-state index < -0.39 is 0 Å². The van der Waals surface area contributed by atoms with E-state index in [-0.39, 0.29) is 0 Å². The van der Waals surface area contributed by atoms with Gasteiger partial charge in [0.25, 0.3) is 0 Å². The predicted molar refractivity (Wildman–Crippen MR) is 110 cm³/mol. The molecule has 0 amide bonds. The van der Waals surface area contributed by atoms with Crippen LogP contribution in [0.1, 0.15) is 22.3 Å². The third kappa shape index (κ3) is 3.07. The number of hydrogen-bond donors (Lipinski definition) is 1. The van der Waals surface area contributed by atoms with Crippen molar-refractivity contribution in [1.82, 2.24) is 14.8 Å². The van der Waals surface area contributed by atoms with Crippen LogP contribution in [0.15, 0.2) is 73.1 Å². The molecule has 4 nitrogen and oxygen atoms in total. The van der Waals surface area contributed by atoms with E-state index in [4.69, 9.17) is 5.10 Å². The lowest BCUT2D eigenvalue weighted by Crippen LogP contribution is -2.02. The Balaban J connectivity index is 1.59. The Labute approximate surface area is 164 Å². The van der Waals surface area contributed by atoms with E-state index in [0.29, 0.717) is 5.75 Å². The van der Waals surface area contributed by atoms with Crippen molar-refractivity contribution >= 4 is 0 Å². The molecule has 28 heavy (non-hydrogen) atoms. The second-order valence-corrected chi connectivity index (χ2v) is 7.26. The quantitative estimate of drug-likeness (QED) is 0.567. The number of benzene rings is 2. The van der Waals surface area contributed by atoms with Crippen molar-refractivity contribution in [2.45, 2.75) is 25.7 Å². The molecule has 4 heteroatoms. The molecule has 0 radical (unpaired) electrons. The van der Waals surface area contributed by atoms with Gasteiger partial charge in [0.15, 0.2) is 5.82 Å². The number of aromatic hydroxyl groups is 1. The van der Waals surface area contributed by atoms with Gasteiger partial charge in [-0.15, -0.1) is 0 Å². The molecular formula is C24H21N3O. The molecule has 0 fully saturated rings. The molecule has 8 rings (SSSR count). The maximum Gasteiger partial charge on any atom is 0.153 e. The van der Waals surface area contributed by atoms with Gasteiger partial charge in [0, 0.05) is 18.0 Å². The van der Waals surface area contributed by atoms with Crippen LogP contribution in [0.3, 0.4) is 0 Å². The fraction of sp³-hybridized carbons (Fsp3) is 0.167. The molecule has 0 aliphatic heterocycles. The number of pyridine rings is 1. The van der Waals surface area contributed by atoms with Crippen molar-refractivity contribution in [2.24, 2.45) is 0 Å². The van der Waals surface area contributed by atoms with Crippen molar-refractivity contribution in [3.05, 3.63) is 95.3 Å². The number of aryl methyl sites for hydroxylation is 4. The van der Waals surface area contributed by atoms with Gasteiger partial charge in [-0.1, -0.05) is 42.5 Å². The smallest absolute Gasteiger partial charge is 0.153 e. The van der Waals surface area contributed by atoms with Crippen LogP contribution in [-0.4, -0.2) is 19.9 Å². The first-order chi connectivity index (χ1) is 13.8. The zero-order valence-electron chi connectivity index (χ0n) is 15.5. The van der Waals surface area contributed by atoms with Crippen LogP contribution in [0.25, 0.3) is 17.1 Å². The summed E-state index contributed by atoms with van der Waals surface area (Å²) in [4.78, 5) is 4.36. The highest BCUT2D eigenvalue weighted by molar-refractivity contribution is 5.73. The molecule has 138 valence electrons. The highest BCUT2D eigenvalue weighted by atomic mass is 16.3. The predicted octanol–water partition coefficient (Wildman–Crippen LogP) is 4.52. The van der Waals surface area contributed by atoms with E-state index >= 15 is 0 Å².